The SMILES string of the molecule is COC(=O)CNC(=O)c1ccn(-c2cccc(Br)c2)n1. The second kappa shape index (κ2) is 6.33. The Balaban J connectivity index is 2.09. The van der Waals surface area contributed by atoms with Crippen molar-refractivity contribution in [3.05, 3.63) is 46.7 Å². The Morgan fingerprint density at radius 1 is 1.40 bits per heavy atom. The molecule has 0 radical (unpaired) electrons. The number of carbonyl (C=O) groups excluding carboxylic acids is 2. The van der Waals surface area contributed by atoms with E-state index < -0.39 is 11.9 Å². The number of esters is 1. The third-order valence-corrected chi connectivity index (χ3v) is 3.01. The number of ether oxygens (including phenoxy) is 1. The van der Waals surface area contributed by atoms with E-state index in [9.17, 15) is 9.59 Å². The summed E-state index contributed by atoms with van der Waals surface area (Å²) in [6, 6.07) is 9.10. The maximum absolute atomic E-state index is 11.8. The molecular formula is C13H12BrN3O3. The summed E-state index contributed by atoms with van der Waals surface area (Å²) in [5.74, 6) is -0.936. The van der Waals surface area contributed by atoms with E-state index in [-0.39, 0.29) is 12.2 Å². The van der Waals surface area contributed by atoms with Gasteiger partial charge in [-0.05, 0) is 24.3 Å². The molecule has 1 amide bonds. The van der Waals surface area contributed by atoms with E-state index in [2.05, 4.69) is 31.1 Å². The maximum Gasteiger partial charge on any atom is 0.325 e. The molecule has 0 aliphatic heterocycles. The molecule has 0 aliphatic carbocycles. The molecule has 1 aromatic heterocycles. The van der Waals surface area contributed by atoms with Gasteiger partial charge in [-0.2, -0.15) is 5.10 Å². The van der Waals surface area contributed by atoms with Gasteiger partial charge >= 0.3 is 5.97 Å². The summed E-state index contributed by atoms with van der Waals surface area (Å²) in [4.78, 5) is 22.7. The second-order valence-corrected chi connectivity index (χ2v) is 4.80. The minimum atomic E-state index is -0.509. The van der Waals surface area contributed by atoms with Crippen LogP contribution in [0.2, 0.25) is 0 Å². The Hall–Kier alpha value is -2.15. The Morgan fingerprint density at radius 3 is 2.90 bits per heavy atom. The van der Waals surface area contributed by atoms with Crippen LogP contribution in [0.5, 0.6) is 0 Å². The minimum Gasteiger partial charge on any atom is -0.468 e. The van der Waals surface area contributed by atoms with Gasteiger partial charge in [0.1, 0.15) is 6.54 Å². The predicted molar refractivity (Wildman–Crippen MR) is 75.6 cm³/mol. The Bertz CT molecular complexity index is 639. The van der Waals surface area contributed by atoms with Crippen LogP contribution in [-0.2, 0) is 9.53 Å². The number of rotatable bonds is 4. The number of methoxy groups -OCH3 is 1. The highest BCUT2D eigenvalue weighted by atomic mass is 79.9. The summed E-state index contributed by atoms with van der Waals surface area (Å²) >= 11 is 3.37. The average Bonchev–Trinajstić information content (AvgIpc) is 2.94. The molecule has 0 bridgehead atoms. The van der Waals surface area contributed by atoms with Gasteiger partial charge in [0.25, 0.3) is 5.91 Å². The molecule has 0 saturated carbocycles. The van der Waals surface area contributed by atoms with Crippen molar-refractivity contribution < 1.29 is 14.3 Å². The quantitative estimate of drug-likeness (QED) is 0.859. The number of amides is 1. The normalized spacial score (nSPS) is 10.1. The van der Waals surface area contributed by atoms with Crippen molar-refractivity contribution in [3.8, 4) is 5.69 Å². The van der Waals surface area contributed by atoms with Crippen LogP contribution < -0.4 is 5.32 Å². The van der Waals surface area contributed by atoms with Crippen molar-refractivity contribution in [1.29, 1.82) is 0 Å². The lowest BCUT2D eigenvalue weighted by atomic mass is 10.3. The van der Waals surface area contributed by atoms with Gasteiger partial charge in [0.05, 0.1) is 12.8 Å². The number of nitrogens with one attached hydrogen (secondary N) is 1. The van der Waals surface area contributed by atoms with Gasteiger partial charge in [-0.1, -0.05) is 22.0 Å². The molecule has 1 N–H and O–H groups in total. The lowest BCUT2D eigenvalue weighted by molar-refractivity contribution is -0.139. The molecule has 2 aromatic rings. The number of hydrogen-bond acceptors (Lipinski definition) is 4. The fraction of sp³-hybridized carbons (Fsp3) is 0.154. The molecule has 0 fully saturated rings. The number of aromatic nitrogens is 2. The summed E-state index contributed by atoms with van der Waals surface area (Å²) in [5, 5.41) is 6.58. The highest BCUT2D eigenvalue weighted by molar-refractivity contribution is 9.10. The molecule has 0 spiro atoms. The lowest BCUT2D eigenvalue weighted by Crippen LogP contribution is -2.30. The largest absolute Gasteiger partial charge is 0.468 e. The maximum atomic E-state index is 11.8. The molecule has 1 heterocycles. The van der Waals surface area contributed by atoms with Gasteiger partial charge in [-0.15, -0.1) is 0 Å². The molecular weight excluding hydrogens is 326 g/mol. The molecule has 0 unspecified atom stereocenters. The van der Waals surface area contributed by atoms with Gasteiger partial charge in [-0.25, -0.2) is 4.68 Å². The third kappa shape index (κ3) is 3.45. The fourth-order valence-corrected chi connectivity index (χ4v) is 1.91. The van der Waals surface area contributed by atoms with Crippen LogP contribution in [0.1, 0.15) is 10.5 Å². The molecule has 0 saturated heterocycles. The lowest BCUT2D eigenvalue weighted by Gasteiger charge is -2.02. The van der Waals surface area contributed by atoms with Gasteiger partial charge in [0.2, 0.25) is 0 Å². The monoisotopic (exact) mass is 337 g/mol. The molecule has 104 valence electrons. The first-order chi connectivity index (χ1) is 9.60. The molecule has 7 heteroatoms. The van der Waals surface area contributed by atoms with E-state index in [0.29, 0.717) is 0 Å². The number of carbonyl (C=O) groups is 2. The van der Waals surface area contributed by atoms with Crippen LogP contribution >= 0.6 is 15.9 Å². The van der Waals surface area contributed by atoms with Crippen LogP contribution in [0.15, 0.2) is 41.0 Å². The van der Waals surface area contributed by atoms with E-state index in [4.69, 9.17) is 0 Å². The standard InChI is InChI=1S/C13H12BrN3O3/c1-20-12(18)8-15-13(19)11-5-6-17(16-11)10-4-2-3-9(14)7-10/h2-7H,8H2,1H3,(H,15,19). The van der Waals surface area contributed by atoms with Crippen molar-refractivity contribution in [1.82, 2.24) is 15.1 Å². The molecule has 0 atom stereocenters. The number of nitrogens with zero attached hydrogens (tertiary/aromatic N) is 2. The van der Waals surface area contributed by atoms with E-state index >= 15 is 0 Å². The minimum absolute atomic E-state index is 0.181. The van der Waals surface area contributed by atoms with Crippen LogP contribution in [0.3, 0.4) is 0 Å². The van der Waals surface area contributed by atoms with Crippen molar-refractivity contribution in [2.45, 2.75) is 0 Å². The van der Waals surface area contributed by atoms with Gasteiger partial charge in [0.15, 0.2) is 5.69 Å². The molecule has 2 rings (SSSR count). The van der Waals surface area contributed by atoms with Crippen LogP contribution in [-0.4, -0.2) is 35.3 Å². The average molecular weight is 338 g/mol. The number of hydrogen-bond donors (Lipinski definition) is 1. The first kappa shape index (κ1) is 14.3. The van der Waals surface area contributed by atoms with Crippen molar-refractivity contribution in [3.63, 3.8) is 0 Å². The third-order valence-electron chi connectivity index (χ3n) is 2.52. The van der Waals surface area contributed by atoms with Gasteiger partial charge in [-0.3, -0.25) is 9.59 Å². The van der Waals surface area contributed by atoms with Crippen molar-refractivity contribution in [2.75, 3.05) is 13.7 Å². The Labute approximate surface area is 123 Å². The summed E-state index contributed by atoms with van der Waals surface area (Å²) in [6.45, 7) is -0.181. The van der Waals surface area contributed by atoms with Gasteiger partial charge in [0, 0.05) is 10.7 Å². The van der Waals surface area contributed by atoms with Crippen molar-refractivity contribution in [2.24, 2.45) is 0 Å². The zero-order valence-electron chi connectivity index (χ0n) is 10.7. The van der Waals surface area contributed by atoms with E-state index in [0.717, 1.165) is 10.2 Å². The van der Waals surface area contributed by atoms with Crippen LogP contribution in [0.25, 0.3) is 5.69 Å². The Morgan fingerprint density at radius 2 is 2.20 bits per heavy atom. The number of halogens is 1. The highest BCUT2D eigenvalue weighted by Crippen LogP contribution is 2.15. The second-order valence-electron chi connectivity index (χ2n) is 3.88. The zero-order chi connectivity index (χ0) is 14.5. The summed E-state index contributed by atoms with van der Waals surface area (Å²) in [5.41, 5.74) is 1.06. The zero-order valence-corrected chi connectivity index (χ0v) is 12.3. The molecule has 1 aromatic carbocycles. The van der Waals surface area contributed by atoms with Crippen LogP contribution in [0.4, 0.5) is 0 Å². The Kier molecular flexibility index (Phi) is 4.52. The number of benzene rings is 1. The topological polar surface area (TPSA) is 73.2 Å². The molecule has 20 heavy (non-hydrogen) atoms. The summed E-state index contributed by atoms with van der Waals surface area (Å²) in [6.07, 6.45) is 1.68. The van der Waals surface area contributed by atoms with E-state index in [1.807, 2.05) is 24.3 Å². The molecule has 6 nitrogen and oxygen atoms in total. The van der Waals surface area contributed by atoms with Crippen molar-refractivity contribution >= 4 is 27.8 Å². The summed E-state index contributed by atoms with van der Waals surface area (Å²) in [7, 11) is 1.26. The highest BCUT2D eigenvalue weighted by Gasteiger charge is 2.11. The van der Waals surface area contributed by atoms with Crippen LogP contribution in [0, 0.1) is 0 Å². The van der Waals surface area contributed by atoms with E-state index in [1.54, 1.807) is 16.9 Å². The van der Waals surface area contributed by atoms with Gasteiger partial charge < -0.3 is 10.1 Å². The predicted octanol–water partition coefficient (Wildman–Crippen LogP) is 1.54. The van der Waals surface area contributed by atoms with E-state index in [1.165, 1.54) is 7.11 Å². The summed E-state index contributed by atoms with van der Waals surface area (Å²) < 4.78 is 6.94. The first-order valence-corrected chi connectivity index (χ1v) is 6.56. The first-order valence-electron chi connectivity index (χ1n) is 5.77. The molecule has 0 aliphatic rings. The smallest absolute Gasteiger partial charge is 0.325 e. The fourth-order valence-electron chi connectivity index (χ4n) is 1.52.